The Hall–Kier alpha value is -0.890. The largest absolute Gasteiger partial charge is 0.326 e. The second-order valence-electron chi connectivity index (χ2n) is 3.36. The molecule has 0 aromatic carbocycles. The van der Waals surface area contributed by atoms with Gasteiger partial charge in [-0.2, -0.15) is 0 Å². The molecule has 0 amide bonds. The average Bonchev–Trinajstić information content (AvgIpc) is 2.19. The summed E-state index contributed by atoms with van der Waals surface area (Å²) < 4.78 is 2.22. The lowest BCUT2D eigenvalue weighted by molar-refractivity contribution is -0.697. The van der Waals surface area contributed by atoms with Crippen LogP contribution in [0.5, 0.6) is 0 Å². The molecule has 72 valence electrons. The highest BCUT2D eigenvalue weighted by molar-refractivity contribution is 5.03. The number of unbranched alkanes of at least 4 members (excludes halogenated alkanes) is 2. The lowest BCUT2D eigenvalue weighted by Crippen LogP contribution is -2.33. The number of hydrogen-bond acceptors (Lipinski definition) is 1. The average molecular weight is 179 g/mol. The lowest BCUT2D eigenvalue weighted by atomic mass is 10.2. The molecule has 0 saturated heterocycles. The number of nitrogens with zero attached hydrogens (tertiary/aromatic N) is 1. The van der Waals surface area contributed by atoms with Crippen LogP contribution < -0.4 is 10.3 Å². The molecule has 0 radical (unpaired) electrons. The first-order chi connectivity index (χ1) is 6.36. The predicted molar refractivity (Wildman–Crippen MR) is 54.1 cm³/mol. The Morgan fingerprint density at radius 1 is 1.38 bits per heavy atom. The molecule has 1 aromatic rings. The van der Waals surface area contributed by atoms with E-state index in [4.69, 9.17) is 5.73 Å². The molecule has 0 saturated carbocycles. The quantitative estimate of drug-likeness (QED) is 0.540. The minimum atomic E-state index is 0.634. The van der Waals surface area contributed by atoms with Crippen LogP contribution in [0.1, 0.15) is 31.7 Å². The number of aryl methyl sites for hydroxylation is 1. The molecule has 0 bridgehead atoms. The molecule has 0 aliphatic heterocycles. The van der Waals surface area contributed by atoms with Gasteiger partial charge in [-0.25, -0.2) is 4.57 Å². The Kier molecular flexibility index (Phi) is 4.47. The van der Waals surface area contributed by atoms with Gasteiger partial charge in [-0.15, -0.1) is 0 Å². The van der Waals surface area contributed by atoms with E-state index in [0.29, 0.717) is 6.54 Å². The fourth-order valence-electron chi connectivity index (χ4n) is 1.38. The number of nitrogens with two attached hydrogens (primary N) is 1. The first-order valence-electron chi connectivity index (χ1n) is 5.05. The van der Waals surface area contributed by atoms with Crippen LogP contribution in [0.2, 0.25) is 0 Å². The highest BCUT2D eigenvalue weighted by Gasteiger charge is 2.00. The zero-order valence-electron chi connectivity index (χ0n) is 8.37. The van der Waals surface area contributed by atoms with Crippen LogP contribution in [0.25, 0.3) is 0 Å². The van der Waals surface area contributed by atoms with E-state index in [1.807, 2.05) is 0 Å². The summed E-state index contributed by atoms with van der Waals surface area (Å²) in [6.45, 7) is 3.97. The molecule has 0 spiro atoms. The van der Waals surface area contributed by atoms with Crippen molar-refractivity contribution < 1.29 is 4.57 Å². The van der Waals surface area contributed by atoms with Crippen molar-refractivity contribution in [3.05, 3.63) is 30.1 Å². The van der Waals surface area contributed by atoms with Gasteiger partial charge in [0.25, 0.3) is 0 Å². The minimum absolute atomic E-state index is 0.634. The number of aromatic nitrogens is 1. The Morgan fingerprint density at radius 3 is 2.92 bits per heavy atom. The SMILES string of the molecule is CCCCC[n+]1cccc(CN)c1. The van der Waals surface area contributed by atoms with Gasteiger partial charge < -0.3 is 5.73 Å². The Balaban J connectivity index is 2.46. The number of hydrogen-bond donors (Lipinski definition) is 1. The standard InChI is InChI=1S/C11H19N2/c1-2-3-4-7-13-8-5-6-11(9-12)10-13/h5-6,8,10H,2-4,7,9,12H2,1H3/q+1. The van der Waals surface area contributed by atoms with Gasteiger partial charge in [0, 0.05) is 24.6 Å². The summed E-state index contributed by atoms with van der Waals surface area (Å²) in [5.74, 6) is 0. The van der Waals surface area contributed by atoms with Gasteiger partial charge in [0.2, 0.25) is 0 Å². The fourth-order valence-corrected chi connectivity index (χ4v) is 1.38. The number of rotatable bonds is 5. The van der Waals surface area contributed by atoms with E-state index in [1.54, 1.807) is 0 Å². The molecule has 0 unspecified atom stereocenters. The van der Waals surface area contributed by atoms with Gasteiger partial charge in [-0.05, 0) is 12.5 Å². The zero-order valence-corrected chi connectivity index (χ0v) is 8.37. The van der Waals surface area contributed by atoms with E-state index in [0.717, 1.165) is 6.54 Å². The van der Waals surface area contributed by atoms with E-state index >= 15 is 0 Å². The predicted octanol–water partition coefficient (Wildman–Crippen LogP) is 1.62. The second-order valence-corrected chi connectivity index (χ2v) is 3.36. The third-order valence-corrected chi connectivity index (χ3v) is 2.18. The molecule has 2 nitrogen and oxygen atoms in total. The fraction of sp³-hybridized carbons (Fsp3) is 0.545. The summed E-state index contributed by atoms with van der Waals surface area (Å²) in [6.07, 6.45) is 8.08. The molecule has 13 heavy (non-hydrogen) atoms. The first-order valence-corrected chi connectivity index (χ1v) is 5.05. The monoisotopic (exact) mass is 179 g/mol. The van der Waals surface area contributed by atoms with Crippen molar-refractivity contribution in [2.75, 3.05) is 0 Å². The third-order valence-electron chi connectivity index (χ3n) is 2.18. The van der Waals surface area contributed by atoms with Crippen LogP contribution in [0.4, 0.5) is 0 Å². The van der Waals surface area contributed by atoms with Crippen LogP contribution in [-0.4, -0.2) is 0 Å². The third kappa shape index (κ3) is 3.55. The van der Waals surface area contributed by atoms with Crippen LogP contribution >= 0.6 is 0 Å². The molecule has 2 N–H and O–H groups in total. The van der Waals surface area contributed by atoms with Crippen molar-refractivity contribution in [3.8, 4) is 0 Å². The van der Waals surface area contributed by atoms with Crippen LogP contribution in [0, 0.1) is 0 Å². The Labute approximate surface area is 80.4 Å². The molecular formula is C11H19N2+. The van der Waals surface area contributed by atoms with Gasteiger partial charge in [-0.3, -0.25) is 0 Å². The Bertz CT molecular complexity index is 246. The number of pyridine rings is 1. The molecule has 1 rings (SSSR count). The van der Waals surface area contributed by atoms with Crippen LogP contribution in [0.3, 0.4) is 0 Å². The first kappa shape index (κ1) is 10.2. The topological polar surface area (TPSA) is 29.9 Å². The van der Waals surface area contributed by atoms with Crippen molar-refractivity contribution in [1.29, 1.82) is 0 Å². The maximum Gasteiger partial charge on any atom is 0.173 e. The molecule has 0 fully saturated rings. The summed E-state index contributed by atoms with van der Waals surface area (Å²) in [7, 11) is 0. The van der Waals surface area contributed by atoms with Crippen LogP contribution in [-0.2, 0) is 13.1 Å². The summed E-state index contributed by atoms with van der Waals surface area (Å²) >= 11 is 0. The lowest BCUT2D eigenvalue weighted by Gasteiger charge is -1.97. The van der Waals surface area contributed by atoms with Crippen molar-refractivity contribution in [1.82, 2.24) is 0 Å². The van der Waals surface area contributed by atoms with E-state index < -0.39 is 0 Å². The summed E-state index contributed by atoms with van der Waals surface area (Å²) in [4.78, 5) is 0. The van der Waals surface area contributed by atoms with E-state index in [1.165, 1.54) is 24.8 Å². The normalized spacial score (nSPS) is 10.3. The van der Waals surface area contributed by atoms with E-state index in [2.05, 4.69) is 36.0 Å². The van der Waals surface area contributed by atoms with E-state index in [9.17, 15) is 0 Å². The van der Waals surface area contributed by atoms with Gasteiger partial charge >= 0.3 is 0 Å². The highest BCUT2D eigenvalue weighted by Crippen LogP contribution is 1.95. The van der Waals surface area contributed by atoms with Gasteiger partial charge in [0.15, 0.2) is 12.4 Å². The summed E-state index contributed by atoms with van der Waals surface area (Å²) in [5.41, 5.74) is 6.77. The summed E-state index contributed by atoms with van der Waals surface area (Å²) in [6, 6.07) is 4.13. The molecule has 0 aliphatic carbocycles. The van der Waals surface area contributed by atoms with Crippen LogP contribution in [0.15, 0.2) is 24.5 Å². The van der Waals surface area contributed by atoms with Gasteiger partial charge in [-0.1, -0.05) is 13.3 Å². The minimum Gasteiger partial charge on any atom is -0.326 e. The van der Waals surface area contributed by atoms with Gasteiger partial charge in [0.1, 0.15) is 6.54 Å². The smallest absolute Gasteiger partial charge is 0.173 e. The highest BCUT2D eigenvalue weighted by atomic mass is 14.9. The maximum atomic E-state index is 5.56. The molecule has 1 aromatic heterocycles. The summed E-state index contributed by atoms with van der Waals surface area (Å²) in [5, 5.41) is 0. The molecule has 2 heteroatoms. The second kappa shape index (κ2) is 5.70. The zero-order chi connectivity index (χ0) is 9.52. The van der Waals surface area contributed by atoms with E-state index in [-0.39, 0.29) is 0 Å². The van der Waals surface area contributed by atoms with Gasteiger partial charge in [0.05, 0.1) is 0 Å². The Morgan fingerprint density at radius 2 is 2.23 bits per heavy atom. The molecule has 0 atom stereocenters. The van der Waals surface area contributed by atoms with Crippen molar-refractivity contribution in [2.24, 2.45) is 5.73 Å². The molecular weight excluding hydrogens is 160 g/mol. The maximum absolute atomic E-state index is 5.56. The molecule has 0 aliphatic rings. The van der Waals surface area contributed by atoms with Crippen molar-refractivity contribution in [2.45, 2.75) is 39.3 Å². The van der Waals surface area contributed by atoms with Crippen molar-refractivity contribution >= 4 is 0 Å². The molecule has 1 heterocycles. The van der Waals surface area contributed by atoms with Crippen molar-refractivity contribution in [3.63, 3.8) is 0 Å².